The zero-order valence-corrected chi connectivity index (χ0v) is 12.1. The van der Waals surface area contributed by atoms with Crippen LogP contribution in [0.4, 0.5) is 4.39 Å². The van der Waals surface area contributed by atoms with Crippen LogP contribution >= 0.6 is 23.2 Å². The Balaban J connectivity index is 2.77. The summed E-state index contributed by atoms with van der Waals surface area (Å²) in [5, 5.41) is 0.110. The van der Waals surface area contributed by atoms with E-state index < -0.39 is 17.1 Å². The van der Waals surface area contributed by atoms with E-state index in [-0.39, 0.29) is 21.4 Å². The smallest absolute Gasteiger partial charge is 0.297 e. The van der Waals surface area contributed by atoms with E-state index in [4.69, 9.17) is 23.2 Å². The van der Waals surface area contributed by atoms with Crippen molar-refractivity contribution in [2.45, 2.75) is 19.8 Å². The molecular formula is C13H11Cl2FN2O2. The normalized spacial score (nSPS) is 10.8. The highest BCUT2D eigenvalue weighted by molar-refractivity contribution is 6.30. The molecule has 0 radical (unpaired) electrons. The summed E-state index contributed by atoms with van der Waals surface area (Å²) in [5.41, 5.74) is -0.951. The summed E-state index contributed by atoms with van der Waals surface area (Å²) in [4.78, 5) is 26.6. The molecule has 0 unspecified atom stereocenters. The van der Waals surface area contributed by atoms with Crippen molar-refractivity contribution >= 4 is 23.2 Å². The zero-order valence-electron chi connectivity index (χ0n) is 10.5. The van der Waals surface area contributed by atoms with Crippen molar-refractivity contribution in [2.75, 3.05) is 0 Å². The second kappa shape index (κ2) is 5.81. The van der Waals surface area contributed by atoms with Crippen LogP contribution in [0.25, 0.3) is 5.69 Å². The molecule has 1 aromatic carbocycles. The monoisotopic (exact) mass is 316 g/mol. The summed E-state index contributed by atoms with van der Waals surface area (Å²) in [6.07, 6.45) is 1.10. The summed E-state index contributed by atoms with van der Waals surface area (Å²) in [5.74, 6) is -0.634. The molecule has 2 rings (SSSR count). The first kappa shape index (κ1) is 14.8. The molecule has 0 bridgehead atoms. The minimum absolute atomic E-state index is 0.0144. The van der Waals surface area contributed by atoms with Gasteiger partial charge in [0.05, 0.1) is 11.3 Å². The van der Waals surface area contributed by atoms with Crippen LogP contribution in [-0.4, -0.2) is 9.55 Å². The Morgan fingerprint density at radius 2 is 1.95 bits per heavy atom. The van der Waals surface area contributed by atoms with Crippen LogP contribution in [0.2, 0.25) is 10.2 Å². The van der Waals surface area contributed by atoms with Gasteiger partial charge in [-0.2, -0.15) is 0 Å². The minimum Gasteiger partial charge on any atom is -0.297 e. The summed E-state index contributed by atoms with van der Waals surface area (Å²) in [7, 11) is 0. The van der Waals surface area contributed by atoms with E-state index in [9.17, 15) is 14.0 Å². The Kier molecular flexibility index (Phi) is 4.30. The maximum atomic E-state index is 13.4. The molecule has 0 amide bonds. The van der Waals surface area contributed by atoms with Crippen molar-refractivity contribution in [3.63, 3.8) is 0 Å². The van der Waals surface area contributed by atoms with E-state index in [0.717, 1.165) is 16.7 Å². The predicted molar refractivity (Wildman–Crippen MR) is 76.6 cm³/mol. The third kappa shape index (κ3) is 2.78. The fourth-order valence-electron chi connectivity index (χ4n) is 1.92. The number of hydrogen-bond acceptors (Lipinski definition) is 2. The molecule has 0 fully saturated rings. The molecule has 0 aliphatic carbocycles. The molecule has 2 aromatic rings. The molecule has 4 nitrogen and oxygen atoms in total. The number of aromatic amines is 1. The molecule has 1 aromatic heterocycles. The third-order valence-corrected chi connectivity index (χ3v) is 3.29. The van der Waals surface area contributed by atoms with Gasteiger partial charge in [0.25, 0.3) is 5.56 Å². The van der Waals surface area contributed by atoms with Crippen molar-refractivity contribution < 1.29 is 4.39 Å². The van der Waals surface area contributed by atoms with Gasteiger partial charge in [0.1, 0.15) is 11.0 Å². The number of H-pyrrole nitrogens is 1. The summed E-state index contributed by atoms with van der Waals surface area (Å²) < 4.78 is 14.2. The van der Waals surface area contributed by atoms with Gasteiger partial charge >= 0.3 is 5.69 Å². The Morgan fingerprint density at radius 3 is 2.55 bits per heavy atom. The molecule has 0 aliphatic rings. The number of rotatable bonds is 3. The third-order valence-electron chi connectivity index (χ3n) is 2.75. The van der Waals surface area contributed by atoms with Crippen LogP contribution in [0.15, 0.2) is 27.8 Å². The molecule has 0 spiro atoms. The first-order chi connectivity index (χ1) is 9.43. The van der Waals surface area contributed by atoms with Crippen molar-refractivity contribution in [1.82, 2.24) is 9.55 Å². The van der Waals surface area contributed by atoms with Gasteiger partial charge in [0.15, 0.2) is 0 Å². The van der Waals surface area contributed by atoms with Crippen LogP contribution < -0.4 is 11.2 Å². The van der Waals surface area contributed by atoms with Crippen LogP contribution in [0.3, 0.4) is 0 Å². The average Bonchev–Trinajstić information content (AvgIpc) is 2.33. The van der Waals surface area contributed by atoms with Crippen molar-refractivity contribution in [3.05, 3.63) is 60.6 Å². The number of nitrogens with zero attached hydrogens (tertiary/aromatic N) is 1. The number of halogens is 3. The second-order valence-corrected chi connectivity index (χ2v) is 5.06. The Morgan fingerprint density at radius 1 is 1.25 bits per heavy atom. The van der Waals surface area contributed by atoms with Gasteiger partial charge in [-0.15, -0.1) is 0 Å². The number of nitrogens with one attached hydrogen (secondary N) is 1. The first-order valence-electron chi connectivity index (χ1n) is 5.94. The first-order valence-corrected chi connectivity index (χ1v) is 6.69. The summed E-state index contributed by atoms with van der Waals surface area (Å²) in [6.45, 7) is 1.88. The van der Waals surface area contributed by atoms with Crippen molar-refractivity contribution in [1.29, 1.82) is 0 Å². The van der Waals surface area contributed by atoms with E-state index in [1.807, 2.05) is 6.92 Å². The average molecular weight is 317 g/mol. The number of benzene rings is 1. The van der Waals surface area contributed by atoms with Gasteiger partial charge < -0.3 is 0 Å². The lowest BCUT2D eigenvalue weighted by Gasteiger charge is -2.09. The molecule has 0 aliphatic heterocycles. The second-order valence-electron chi connectivity index (χ2n) is 4.24. The standard InChI is InChI=1S/C13H11Cl2FN2O2/c1-2-3-10-11(15)17-13(20)18(12(10)19)9-5-7(14)4-8(16)6-9/h4-6H,2-3H2,1H3,(H,17,20). The van der Waals surface area contributed by atoms with E-state index in [2.05, 4.69) is 4.98 Å². The molecule has 0 atom stereocenters. The maximum absolute atomic E-state index is 13.4. The topological polar surface area (TPSA) is 54.9 Å². The SMILES string of the molecule is CCCc1c(Cl)[nH]c(=O)n(-c2cc(F)cc(Cl)c2)c1=O. The predicted octanol–water partition coefficient (Wildman–Crippen LogP) is 2.92. The van der Waals surface area contributed by atoms with Crippen molar-refractivity contribution in [3.8, 4) is 5.69 Å². The zero-order chi connectivity index (χ0) is 14.9. The molecule has 0 saturated carbocycles. The molecule has 20 heavy (non-hydrogen) atoms. The number of aromatic nitrogens is 2. The maximum Gasteiger partial charge on any atom is 0.334 e. The quantitative estimate of drug-likeness (QED) is 0.885. The highest BCUT2D eigenvalue weighted by Gasteiger charge is 2.14. The highest BCUT2D eigenvalue weighted by atomic mass is 35.5. The highest BCUT2D eigenvalue weighted by Crippen LogP contribution is 2.16. The fourth-order valence-corrected chi connectivity index (χ4v) is 2.39. The lowest BCUT2D eigenvalue weighted by molar-refractivity contribution is 0.625. The largest absolute Gasteiger partial charge is 0.334 e. The molecule has 106 valence electrons. The van der Waals surface area contributed by atoms with Gasteiger partial charge in [0, 0.05) is 5.02 Å². The number of hydrogen-bond donors (Lipinski definition) is 1. The van der Waals surface area contributed by atoms with Gasteiger partial charge in [-0.1, -0.05) is 36.5 Å². The van der Waals surface area contributed by atoms with Gasteiger partial charge in [0.2, 0.25) is 0 Å². The van der Waals surface area contributed by atoms with E-state index in [0.29, 0.717) is 12.8 Å². The molecule has 0 saturated heterocycles. The van der Waals surface area contributed by atoms with Crippen LogP contribution in [-0.2, 0) is 6.42 Å². The van der Waals surface area contributed by atoms with Gasteiger partial charge in [-0.25, -0.2) is 13.8 Å². The summed E-state index contributed by atoms with van der Waals surface area (Å²) >= 11 is 11.6. The molecule has 7 heteroatoms. The molecular weight excluding hydrogens is 306 g/mol. The Bertz CT molecular complexity index is 748. The van der Waals surface area contributed by atoms with Gasteiger partial charge in [-0.05, 0) is 24.6 Å². The minimum atomic E-state index is -0.735. The van der Waals surface area contributed by atoms with Crippen LogP contribution in [0, 0.1) is 5.82 Å². The van der Waals surface area contributed by atoms with E-state index >= 15 is 0 Å². The van der Waals surface area contributed by atoms with Gasteiger partial charge in [-0.3, -0.25) is 9.78 Å². The van der Waals surface area contributed by atoms with Crippen molar-refractivity contribution in [2.24, 2.45) is 0 Å². The van der Waals surface area contributed by atoms with E-state index in [1.165, 1.54) is 6.07 Å². The fraction of sp³-hybridized carbons (Fsp3) is 0.231. The molecule has 1 heterocycles. The lowest BCUT2D eigenvalue weighted by Crippen LogP contribution is -2.36. The van der Waals surface area contributed by atoms with Crippen LogP contribution in [0.1, 0.15) is 18.9 Å². The molecule has 1 N–H and O–H groups in total. The lowest BCUT2D eigenvalue weighted by atomic mass is 10.2. The van der Waals surface area contributed by atoms with Crippen LogP contribution in [0.5, 0.6) is 0 Å². The Labute approximate surface area is 123 Å². The summed E-state index contributed by atoms with van der Waals surface area (Å²) in [6, 6.07) is 3.49. The Hall–Kier alpha value is -1.59. The van der Waals surface area contributed by atoms with E-state index in [1.54, 1.807) is 0 Å².